The third-order valence-electron chi connectivity index (χ3n) is 5.63. The van der Waals surface area contributed by atoms with Crippen LogP contribution in [0.3, 0.4) is 0 Å². The highest BCUT2D eigenvalue weighted by molar-refractivity contribution is 6.16. The van der Waals surface area contributed by atoms with E-state index in [1.54, 1.807) is 29.0 Å². The number of rotatable bonds is 4. The van der Waals surface area contributed by atoms with Crippen molar-refractivity contribution >= 4 is 38.4 Å². The van der Waals surface area contributed by atoms with Gasteiger partial charge < -0.3 is 9.94 Å². The van der Waals surface area contributed by atoms with Gasteiger partial charge in [0.25, 0.3) is 0 Å². The maximum absolute atomic E-state index is 12.3. The summed E-state index contributed by atoms with van der Waals surface area (Å²) in [5, 5.41) is 14.0. The van der Waals surface area contributed by atoms with Crippen molar-refractivity contribution in [3.63, 3.8) is 0 Å². The SMILES string of the molecule is Cc1c2cn(OCC(=O)c3ccccc3)ccc2c(C)c2c1nc1ccc(O)cc12. The number of hydrogen-bond acceptors (Lipinski definition) is 4. The van der Waals surface area contributed by atoms with E-state index in [2.05, 4.69) is 6.92 Å². The van der Waals surface area contributed by atoms with Gasteiger partial charge in [0, 0.05) is 27.9 Å². The molecule has 5 heteroatoms. The van der Waals surface area contributed by atoms with Crippen molar-refractivity contribution in [3.8, 4) is 5.75 Å². The summed E-state index contributed by atoms with van der Waals surface area (Å²) < 4.78 is 1.58. The molecular weight excluding hydrogens is 376 g/mol. The number of nitrogens with zero attached hydrogens (tertiary/aromatic N) is 2. The van der Waals surface area contributed by atoms with Crippen molar-refractivity contribution in [2.75, 3.05) is 6.61 Å². The van der Waals surface area contributed by atoms with Gasteiger partial charge in [-0.05, 0) is 54.6 Å². The fourth-order valence-corrected chi connectivity index (χ4v) is 4.06. The van der Waals surface area contributed by atoms with Crippen LogP contribution >= 0.6 is 0 Å². The monoisotopic (exact) mass is 396 g/mol. The quantitative estimate of drug-likeness (QED) is 0.435. The molecule has 0 aliphatic rings. The van der Waals surface area contributed by atoms with Gasteiger partial charge in [-0.15, -0.1) is 0 Å². The number of phenols is 1. The Bertz CT molecular complexity index is 1440. The van der Waals surface area contributed by atoms with Crippen molar-refractivity contribution in [2.45, 2.75) is 13.8 Å². The molecule has 30 heavy (non-hydrogen) atoms. The Morgan fingerprint density at radius 2 is 1.80 bits per heavy atom. The topological polar surface area (TPSA) is 64.4 Å². The predicted molar refractivity (Wildman–Crippen MR) is 118 cm³/mol. The van der Waals surface area contributed by atoms with E-state index in [4.69, 9.17) is 9.82 Å². The van der Waals surface area contributed by atoms with Gasteiger partial charge in [0.2, 0.25) is 5.78 Å². The first-order valence-electron chi connectivity index (χ1n) is 9.78. The van der Waals surface area contributed by atoms with Crippen LogP contribution in [0.25, 0.3) is 32.6 Å². The number of pyridine rings is 1. The van der Waals surface area contributed by atoms with E-state index < -0.39 is 0 Å². The highest BCUT2D eigenvalue weighted by atomic mass is 16.7. The minimum Gasteiger partial charge on any atom is -0.508 e. The van der Waals surface area contributed by atoms with Gasteiger partial charge in [0.05, 0.1) is 17.2 Å². The number of hydrogen-bond donors (Lipinski definition) is 1. The zero-order valence-corrected chi connectivity index (χ0v) is 16.7. The fraction of sp³-hybridized carbons (Fsp3) is 0.120. The van der Waals surface area contributed by atoms with Gasteiger partial charge in [-0.25, -0.2) is 4.98 Å². The number of Topliss-reactive ketones (excluding diaryl/α,β-unsaturated/α-hetero) is 1. The largest absolute Gasteiger partial charge is 0.508 e. The molecule has 2 heterocycles. The zero-order valence-electron chi connectivity index (χ0n) is 16.7. The van der Waals surface area contributed by atoms with Crippen LogP contribution in [-0.2, 0) is 0 Å². The van der Waals surface area contributed by atoms with E-state index in [1.165, 1.54) is 0 Å². The van der Waals surface area contributed by atoms with Crippen LogP contribution in [0.1, 0.15) is 21.5 Å². The van der Waals surface area contributed by atoms with Crippen molar-refractivity contribution in [1.29, 1.82) is 0 Å². The Kier molecular flexibility index (Phi) is 4.17. The molecule has 5 rings (SSSR count). The first-order valence-corrected chi connectivity index (χ1v) is 9.78. The van der Waals surface area contributed by atoms with Crippen molar-refractivity contribution < 1.29 is 14.7 Å². The molecule has 0 bridgehead atoms. The minimum atomic E-state index is -0.0738. The molecule has 0 unspecified atom stereocenters. The molecule has 0 saturated carbocycles. The Labute approximate surface area is 173 Å². The lowest BCUT2D eigenvalue weighted by Crippen LogP contribution is -2.19. The lowest BCUT2D eigenvalue weighted by Gasteiger charge is -2.13. The molecule has 5 nitrogen and oxygen atoms in total. The summed E-state index contributed by atoms with van der Waals surface area (Å²) in [5.41, 5.74) is 4.55. The number of phenolic OH excluding ortho intramolecular Hbond substituents is 1. The van der Waals surface area contributed by atoms with Gasteiger partial charge in [-0.2, -0.15) is 4.73 Å². The van der Waals surface area contributed by atoms with Gasteiger partial charge in [0.1, 0.15) is 5.75 Å². The van der Waals surface area contributed by atoms with Crippen LogP contribution in [-0.4, -0.2) is 27.2 Å². The molecule has 5 aromatic rings. The summed E-state index contributed by atoms with van der Waals surface area (Å²) >= 11 is 0. The Morgan fingerprint density at radius 1 is 1.00 bits per heavy atom. The predicted octanol–water partition coefficient (Wildman–Crippen LogP) is 4.98. The lowest BCUT2D eigenvalue weighted by atomic mass is 9.97. The second kappa shape index (κ2) is 6.88. The summed E-state index contributed by atoms with van der Waals surface area (Å²) in [4.78, 5) is 22.9. The van der Waals surface area contributed by atoms with Gasteiger partial charge >= 0.3 is 0 Å². The minimum absolute atomic E-state index is 0.0434. The standard InChI is InChI=1S/C25H20N2O3/c1-15-19-10-11-27(30-14-23(29)17-6-4-3-5-7-17)13-21(19)16(2)25-24(15)20-12-18(28)8-9-22(20)26-25/h3-13,28H,14H2,1-2H3. The van der Waals surface area contributed by atoms with E-state index in [9.17, 15) is 9.90 Å². The Morgan fingerprint density at radius 3 is 2.60 bits per heavy atom. The van der Waals surface area contributed by atoms with E-state index >= 15 is 0 Å². The number of carbonyl (C=O) groups is 1. The smallest absolute Gasteiger partial charge is 0.202 e. The molecule has 148 valence electrons. The Balaban J connectivity index is 1.57. The summed E-state index contributed by atoms with van der Waals surface area (Å²) in [6.45, 7) is 4.06. The van der Waals surface area contributed by atoms with Gasteiger partial charge in [-0.1, -0.05) is 30.3 Å². The molecule has 1 N–H and O–H groups in total. The van der Waals surface area contributed by atoms with Crippen molar-refractivity contribution in [2.24, 2.45) is 0 Å². The molecule has 0 atom stereocenters. The Hall–Kier alpha value is -3.86. The van der Waals surface area contributed by atoms with Crippen LogP contribution in [0.5, 0.6) is 5.75 Å². The van der Waals surface area contributed by atoms with Crippen LogP contribution in [0.2, 0.25) is 0 Å². The number of aromatic nitrogens is 2. The summed E-state index contributed by atoms with van der Waals surface area (Å²) in [7, 11) is 0. The molecule has 0 saturated heterocycles. The molecule has 0 aliphatic heterocycles. The van der Waals surface area contributed by atoms with Gasteiger partial charge in [-0.3, -0.25) is 4.79 Å². The van der Waals surface area contributed by atoms with E-state index in [-0.39, 0.29) is 18.1 Å². The van der Waals surface area contributed by atoms with Crippen molar-refractivity contribution in [3.05, 3.63) is 83.7 Å². The molecule has 2 aromatic heterocycles. The van der Waals surface area contributed by atoms with Crippen LogP contribution in [0, 0.1) is 13.8 Å². The summed E-state index contributed by atoms with van der Waals surface area (Å²) in [6, 6.07) is 16.4. The number of carbonyl (C=O) groups excluding carboxylic acids is 1. The molecule has 0 aliphatic carbocycles. The fourth-order valence-electron chi connectivity index (χ4n) is 4.06. The zero-order chi connectivity index (χ0) is 20.8. The third kappa shape index (κ3) is 2.87. The van der Waals surface area contributed by atoms with E-state index in [0.717, 1.165) is 43.7 Å². The van der Waals surface area contributed by atoms with Crippen LogP contribution < -0.4 is 4.84 Å². The first-order chi connectivity index (χ1) is 14.5. The van der Waals surface area contributed by atoms with Crippen LogP contribution in [0.4, 0.5) is 0 Å². The number of aryl methyl sites for hydroxylation is 2. The molecular formula is C25H20N2O3. The number of benzene rings is 3. The molecule has 0 radical (unpaired) electrons. The number of fused-ring (bicyclic) bond motifs is 4. The van der Waals surface area contributed by atoms with Crippen LogP contribution in [0.15, 0.2) is 67.0 Å². The molecule has 3 aromatic carbocycles. The number of ketones is 1. The molecule has 0 amide bonds. The average molecular weight is 396 g/mol. The summed E-state index contributed by atoms with van der Waals surface area (Å²) in [5.74, 6) is 0.159. The molecule has 0 fully saturated rings. The van der Waals surface area contributed by atoms with E-state index in [1.807, 2.05) is 49.6 Å². The average Bonchev–Trinajstić information content (AvgIpc) is 3.15. The molecule has 0 spiro atoms. The van der Waals surface area contributed by atoms with Crippen molar-refractivity contribution in [1.82, 2.24) is 9.71 Å². The van der Waals surface area contributed by atoms with Gasteiger partial charge in [0.15, 0.2) is 6.61 Å². The highest BCUT2D eigenvalue weighted by Gasteiger charge is 2.16. The first kappa shape index (κ1) is 18.2. The maximum atomic E-state index is 12.3. The second-order valence-electron chi connectivity index (χ2n) is 7.48. The van der Waals surface area contributed by atoms with E-state index in [0.29, 0.717) is 5.56 Å². The number of aromatic hydroxyl groups is 1. The maximum Gasteiger partial charge on any atom is 0.202 e. The lowest BCUT2D eigenvalue weighted by molar-refractivity contribution is 0.0705. The third-order valence-corrected chi connectivity index (χ3v) is 5.63. The highest BCUT2D eigenvalue weighted by Crippen LogP contribution is 2.37. The summed E-state index contributed by atoms with van der Waals surface area (Å²) in [6.07, 6.45) is 3.71. The normalized spacial score (nSPS) is 11.4. The second-order valence-corrected chi connectivity index (χ2v) is 7.48.